The van der Waals surface area contributed by atoms with Crippen LogP contribution in [0.25, 0.3) is 11.3 Å². The Morgan fingerprint density at radius 3 is 2.39 bits per heavy atom. The first-order valence-electron chi connectivity index (χ1n) is 21.4. The van der Waals surface area contributed by atoms with Gasteiger partial charge in [0.2, 0.25) is 17.7 Å². The van der Waals surface area contributed by atoms with E-state index < -0.39 is 29.7 Å². The van der Waals surface area contributed by atoms with Gasteiger partial charge in [-0.05, 0) is 84.7 Å². The second-order valence-electron chi connectivity index (χ2n) is 16.3. The number of amides is 5. The van der Waals surface area contributed by atoms with Crippen molar-refractivity contribution in [1.29, 1.82) is 0 Å². The van der Waals surface area contributed by atoms with E-state index in [1.165, 1.54) is 0 Å². The largest absolute Gasteiger partial charge is 0.340 e. The van der Waals surface area contributed by atoms with Crippen LogP contribution in [0.5, 0.6) is 0 Å². The highest BCUT2D eigenvalue weighted by atomic mass is 16.2. The van der Waals surface area contributed by atoms with Crippen LogP contribution in [0.3, 0.4) is 0 Å². The van der Waals surface area contributed by atoms with Crippen LogP contribution in [0, 0.1) is 6.92 Å². The fourth-order valence-electron chi connectivity index (χ4n) is 8.57. The summed E-state index contributed by atoms with van der Waals surface area (Å²) >= 11 is 0. The number of piperidine rings is 1. The molecule has 5 heterocycles. The molecule has 1 atom stereocenters. The monoisotopic (exact) mass is 831 g/mol. The maximum absolute atomic E-state index is 13.4. The average Bonchev–Trinajstić information content (AvgIpc) is 3.54. The number of aryl methyl sites for hydroxylation is 2. The number of hydrogen-bond acceptors (Lipinski definition) is 10. The Balaban J connectivity index is 0.755. The molecule has 2 fully saturated rings. The van der Waals surface area contributed by atoms with Crippen LogP contribution in [0.2, 0.25) is 0 Å². The number of pyridine rings is 1. The van der Waals surface area contributed by atoms with E-state index in [9.17, 15) is 28.8 Å². The molecule has 3 aromatic carbocycles. The number of carbonyl (C=O) groups excluding carboxylic acids is 6. The van der Waals surface area contributed by atoms with Crippen LogP contribution in [-0.4, -0.2) is 97.2 Å². The minimum atomic E-state index is -0.993. The Bertz CT molecular complexity index is 2520. The predicted octanol–water partition coefficient (Wildman–Crippen LogP) is 5.71. The van der Waals surface area contributed by atoms with Crippen molar-refractivity contribution in [2.45, 2.75) is 77.3 Å². The Morgan fingerprint density at radius 1 is 0.806 bits per heavy atom. The lowest BCUT2D eigenvalue weighted by Crippen LogP contribution is -2.54. The van der Waals surface area contributed by atoms with Crippen molar-refractivity contribution in [2.24, 2.45) is 0 Å². The van der Waals surface area contributed by atoms with Gasteiger partial charge in [-0.15, -0.1) is 0 Å². The number of nitrogens with zero attached hydrogens (tertiary/aromatic N) is 6. The Morgan fingerprint density at radius 2 is 1.61 bits per heavy atom. The Hall–Kier alpha value is -6.73. The molecular weight excluding hydrogens is 783 g/mol. The van der Waals surface area contributed by atoms with E-state index in [-0.39, 0.29) is 30.1 Å². The van der Waals surface area contributed by atoms with Crippen LogP contribution >= 0.6 is 0 Å². The number of ketones is 1. The number of unbranched alkanes of at least 4 members (excludes halogenated alkanes) is 2. The van der Waals surface area contributed by atoms with Gasteiger partial charge in [0.1, 0.15) is 11.9 Å². The molecule has 1 N–H and O–H groups in total. The molecule has 0 bridgehead atoms. The van der Waals surface area contributed by atoms with Gasteiger partial charge in [0, 0.05) is 88.1 Å². The molecule has 2 saturated heterocycles. The van der Waals surface area contributed by atoms with Crippen molar-refractivity contribution < 1.29 is 28.8 Å². The molecule has 0 saturated carbocycles. The summed E-state index contributed by atoms with van der Waals surface area (Å²) in [5, 5.41) is 2.23. The van der Waals surface area contributed by atoms with Crippen LogP contribution in [0.4, 0.5) is 0 Å². The van der Waals surface area contributed by atoms with E-state index in [1.54, 1.807) is 30.7 Å². The first kappa shape index (κ1) is 42.0. The molecule has 2 aromatic heterocycles. The minimum absolute atomic E-state index is 0.0573. The number of imide groups is 2. The van der Waals surface area contributed by atoms with Gasteiger partial charge in [-0.3, -0.25) is 48.9 Å². The molecule has 13 heteroatoms. The SMILES string of the molecule is Cc1ccc(CC(=O)c2ccc(CN3CCN(C(=O)CCCCCc4cccc5c4C(=O)N(C4CCC(=O)NC4=O)C5=O)CC3)cc2)cc1Cc1nccc(-c2cccnc2)n1. The number of Topliss-reactive ketones (excluding diaryl/α,β-unsaturated/α-hetero) is 1. The second-order valence-corrected chi connectivity index (χ2v) is 16.3. The van der Waals surface area contributed by atoms with Gasteiger partial charge >= 0.3 is 0 Å². The summed E-state index contributed by atoms with van der Waals surface area (Å²) in [7, 11) is 0. The Kier molecular flexibility index (Phi) is 12.8. The van der Waals surface area contributed by atoms with Gasteiger partial charge in [-0.2, -0.15) is 0 Å². The molecule has 5 amide bonds. The summed E-state index contributed by atoms with van der Waals surface area (Å²) in [4.78, 5) is 95.8. The molecule has 3 aliphatic rings. The van der Waals surface area contributed by atoms with Crippen LogP contribution < -0.4 is 5.32 Å². The molecular formula is C49H49N7O6. The molecule has 0 aliphatic carbocycles. The molecule has 0 spiro atoms. The predicted molar refractivity (Wildman–Crippen MR) is 231 cm³/mol. The zero-order valence-corrected chi connectivity index (χ0v) is 34.8. The highest BCUT2D eigenvalue weighted by molar-refractivity contribution is 6.24. The quantitative estimate of drug-likeness (QED) is 0.0786. The summed E-state index contributed by atoms with van der Waals surface area (Å²) in [6.45, 7) is 5.65. The maximum Gasteiger partial charge on any atom is 0.262 e. The van der Waals surface area contributed by atoms with E-state index in [2.05, 4.69) is 39.2 Å². The first-order chi connectivity index (χ1) is 30.1. The summed E-state index contributed by atoms with van der Waals surface area (Å²) < 4.78 is 0. The molecule has 8 rings (SSSR count). The zero-order valence-electron chi connectivity index (χ0n) is 34.8. The van der Waals surface area contributed by atoms with E-state index in [4.69, 9.17) is 4.98 Å². The van der Waals surface area contributed by atoms with Crippen LogP contribution in [-0.2, 0) is 40.2 Å². The number of hydrogen-bond donors (Lipinski definition) is 1. The minimum Gasteiger partial charge on any atom is -0.340 e. The van der Waals surface area contributed by atoms with Crippen molar-refractivity contribution in [1.82, 2.24) is 35.0 Å². The lowest BCUT2D eigenvalue weighted by molar-refractivity contribution is -0.136. The number of carbonyl (C=O) groups is 6. The van der Waals surface area contributed by atoms with E-state index >= 15 is 0 Å². The number of benzene rings is 3. The molecule has 1 unspecified atom stereocenters. The fourth-order valence-corrected chi connectivity index (χ4v) is 8.57. The molecule has 5 aromatic rings. The molecule has 62 heavy (non-hydrogen) atoms. The smallest absolute Gasteiger partial charge is 0.262 e. The van der Waals surface area contributed by atoms with Gasteiger partial charge in [0.05, 0.1) is 16.8 Å². The molecule has 0 radical (unpaired) electrons. The third-order valence-electron chi connectivity index (χ3n) is 12.1. The summed E-state index contributed by atoms with van der Waals surface area (Å²) in [6, 6.07) is 23.9. The summed E-state index contributed by atoms with van der Waals surface area (Å²) in [6.07, 6.45) is 9.61. The van der Waals surface area contributed by atoms with Gasteiger partial charge in [0.15, 0.2) is 5.78 Å². The third-order valence-corrected chi connectivity index (χ3v) is 12.1. The van der Waals surface area contributed by atoms with Gasteiger partial charge in [0.25, 0.3) is 11.8 Å². The number of nitrogens with one attached hydrogen (secondary N) is 1. The number of rotatable bonds is 15. The van der Waals surface area contributed by atoms with Crippen molar-refractivity contribution in [3.05, 3.63) is 148 Å². The highest BCUT2D eigenvalue weighted by Crippen LogP contribution is 2.31. The summed E-state index contributed by atoms with van der Waals surface area (Å²) in [5.74, 6) is -1.12. The zero-order chi connectivity index (χ0) is 43.2. The second kappa shape index (κ2) is 18.9. The van der Waals surface area contributed by atoms with E-state index in [0.717, 1.165) is 82.9 Å². The fraction of sp³-hybridized carbons (Fsp3) is 0.327. The molecule has 316 valence electrons. The maximum atomic E-state index is 13.4. The molecule has 13 nitrogen and oxygen atoms in total. The van der Waals surface area contributed by atoms with Crippen molar-refractivity contribution in [3.8, 4) is 11.3 Å². The van der Waals surface area contributed by atoms with Crippen molar-refractivity contribution in [2.75, 3.05) is 26.2 Å². The molecule has 3 aliphatic heterocycles. The van der Waals surface area contributed by atoms with Gasteiger partial charge < -0.3 is 4.90 Å². The van der Waals surface area contributed by atoms with Gasteiger partial charge in [-0.1, -0.05) is 61.0 Å². The van der Waals surface area contributed by atoms with E-state index in [0.29, 0.717) is 55.7 Å². The van der Waals surface area contributed by atoms with Gasteiger partial charge in [-0.25, -0.2) is 9.97 Å². The topological polar surface area (TPSA) is 163 Å². The van der Waals surface area contributed by atoms with Crippen LogP contribution in [0.15, 0.2) is 97.5 Å². The lowest BCUT2D eigenvalue weighted by Gasteiger charge is -2.35. The Labute approximate surface area is 360 Å². The van der Waals surface area contributed by atoms with Crippen LogP contribution in [0.1, 0.15) is 103 Å². The first-order valence-corrected chi connectivity index (χ1v) is 21.4. The average molecular weight is 832 g/mol. The lowest BCUT2D eigenvalue weighted by atomic mass is 9.97. The highest BCUT2D eigenvalue weighted by Gasteiger charge is 2.45. The number of fused-ring (bicyclic) bond motifs is 1. The third kappa shape index (κ3) is 9.58. The standard InChI is InChI=1S/C49H49N7O6/c1-32-12-13-34(27-38(32)29-43-51-22-20-40(52-43)37-9-6-21-50-30-37)28-42(57)35-16-14-33(15-17-35)31-54-23-25-55(26-24-54)45(59)11-4-2-3-7-36-8-5-10-39-46(36)49(62)56(48(39)61)41-18-19-44(58)53-47(41)60/h5-6,8-10,12-17,20-22,27,30,41H,2-4,7,11,18-19,23-26,28-29,31H2,1H3,(H,53,58,60). The van der Waals surface area contributed by atoms with Crippen molar-refractivity contribution >= 4 is 35.3 Å². The number of aromatic nitrogens is 3. The summed E-state index contributed by atoms with van der Waals surface area (Å²) in [5.41, 5.74) is 8.07. The van der Waals surface area contributed by atoms with Crippen molar-refractivity contribution in [3.63, 3.8) is 0 Å². The van der Waals surface area contributed by atoms with E-state index in [1.807, 2.05) is 59.5 Å². The normalized spacial score (nSPS) is 16.7. The number of piperazine rings is 1.